The molecular weight excluding hydrogens is 366 g/mol. The van der Waals surface area contributed by atoms with E-state index in [9.17, 15) is 13.2 Å². The number of nitrogens with zero attached hydrogens (tertiary/aromatic N) is 5. The number of hydrogen-bond acceptors (Lipinski definition) is 7. The molecule has 0 aliphatic carbocycles. The van der Waals surface area contributed by atoms with E-state index in [2.05, 4.69) is 10.2 Å². The molecule has 0 unspecified atom stereocenters. The Morgan fingerprint density at radius 1 is 1.04 bits per heavy atom. The third-order valence-corrected chi connectivity index (χ3v) is 6.43. The van der Waals surface area contributed by atoms with Crippen LogP contribution in [0.4, 0.5) is 11.6 Å². The standard InChI is InChI=1S/C18H23N5O3S/c1-14(24)15-5-4-6-16(13-15)27(25,26)23-11-9-22(10-12-23)18-8-7-17(19-20-18)21(2)3/h4-8,13H,9-12H2,1-3H3. The predicted octanol–water partition coefficient (Wildman–Crippen LogP) is 1.26. The predicted molar refractivity (Wildman–Crippen MR) is 104 cm³/mol. The van der Waals surface area contributed by atoms with E-state index in [1.165, 1.54) is 23.4 Å². The molecule has 0 atom stereocenters. The molecule has 1 fully saturated rings. The molecule has 0 N–H and O–H groups in total. The van der Waals surface area contributed by atoms with E-state index in [0.29, 0.717) is 31.7 Å². The smallest absolute Gasteiger partial charge is 0.243 e. The average Bonchev–Trinajstić information content (AvgIpc) is 2.68. The molecule has 8 nitrogen and oxygen atoms in total. The number of piperazine rings is 1. The highest BCUT2D eigenvalue weighted by Gasteiger charge is 2.29. The monoisotopic (exact) mass is 389 g/mol. The number of anilines is 2. The van der Waals surface area contributed by atoms with E-state index in [-0.39, 0.29) is 10.7 Å². The summed E-state index contributed by atoms with van der Waals surface area (Å²) in [6, 6.07) is 9.97. The summed E-state index contributed by atoms with van der Waals surface area (Å²) in [6.45, 7) is 3.18. The van der Waals surface area contributed by atoms with Gasteiger partial charge in [0.25, 0.3) is 0 Å². The Hall–Kier alpha value is -2.52. The van der Waals surface area contributed by atoms with E-state index in [1.54, 1.807) is 12.1 Å². The van der Waals surface area contributed by atoms with Crippen LogP contribution in [0.15, 0.2) is 41.3 Å². The van der Waals surface area contributed by atoms with Crippen molar-refractivity contribution in [3.63, 3.8) is 0 Å². The second-order valence-electron chi connectivity index (χ2n) is 6.62. The van der Waals surface area contributed by atoms with Gasteiger partial charge >= 0.3 is 0 Å². The Balaban J connectivity index is 1.71. The first-order chi connectivity index (χ1) is 12.8. The second-order valence-corrected chi connectivity index (χ2v) is 8.56. The Labute approximate surface area is 159 Å². The van der Waals surface area contributed by atoms with Crippen LogP contribution >= 0.6 is 0 Å². The van der Waals surface area contributed by atoms with Crippen LogP contribution < -0.4 is 9.80 Å². The first-order valence-corrected chi connectivity index (χ1v) is 10.1. The molecule has 1 aliphatic rings. The number of Topliss-reactive ketones (excluding diaryl/α,β-unsaturated/α-hetero) is 1. The van der Waals surface area contributed by atoms with Gasteiger partial charge < -0.3 is 9.80 Å². The molecular formula is C18H23N5O3S. The fourth-order valence-corrected chi connectivity index (χ4v) is 4.38. The van der Waals surface area contributed by atoms with E-state index in [1.807, 2.05) is 36.0 Å². The number of benzene rings is 1. The van der Waals surface area contributed by atoms with Crippen molar-refractivity contribution in [1.82, 2.24) is 14.5 Å². The molecule has 0 spiro atoms. The van der Waals surface area contributed by atoms with Crippen molar-refractivity contribution in [3.8, 4) is 0 Å². The van der Waals surface area contributed by atoms with E-state index in [4.69, 9.17) is 0 Å². The minimum Gasteiger partial charge on any atom is -0.361 e. The second kappa shape index (κ2) is 7.61. The topological polar surface area (TPSA) is 86.7 Å². The molecule has 0 saturated carbocycles. The quantitative estimate of drug-likeness (QED) is 0.712. The van der Waals surface area contributed by atoms with Gasteiger partial charge in [0, 0.05) is 45.8 Å². The highest BCUT2D eigenvalue weighted by atomic mass is 32.2. The summed E-state index contributed by atoms with van der Waals surface area (Å²) in [4.78, 5) is 15.6. The zero-order chi connectivity index (χ0) is 19.6. The molecule has 2 heterocycles. The van der Waals surface area contributed by atoms with Crippen molar-refractivity contribution in [2.24, 2.45) is 0 Å². The molecule has 0 bridgehead atoms. The normalized spacial score (nSPS) is 15.6. The minimum absolute atomic E-state index is 0.152. The molecule has 27 heavy (non-hydrogen) atoms. The molecule has 0 radical (unpaired) electrons. The van der Waals surface area contributed by atoms with Crippen molar-refractivity contribution < 1.29 is 13.2 Å². The minimum atomic E-state index is -3.63. The van der Waals surface area contributed by atoms with Crippen molar-refractivity contribution in [2.45, 2.75) is 11.8 Å². The van der Waals surface area contributed by atoms with Crippen LogP contribution in [0.5, 0.6) is 0 Å². The molecule has 144 valence electrons. The van der Waals surface area contributed by atoms with Crippen LogP contribution in [0.1, 0.15) is 17.3 Å². The molecule has 0 amide bonds. The van der Waals surface area contributed by atoms with Gasteiger partial charge in [0.2, 0.25) is 10.0 Å². The van der Waals surface area contributed by atoms with Gasteiger partial charge in [-0.1, -0.05) is 12.1 Å². The van der Waals surface area contributed by atoms with Crippen LogP contribution in [0.2, 0.25) is 0 Å². The number of carbonyl (C=O) groups is 1. The van der Waals surface area contributed by atoms with Crippen LogP contribution in [0.3, 0.4) is 0 Å². The third-order valence-electron chi connectivity index (χ3n) is 4.54. The first kappa shape index (κ1) is 19.2. The van der Waals surface area contributed by atoms with Crippen LogP contribution in [-0.2, 0) is 10.0 Å². The number of sulfonamides is 1. The lowest BCUT2D eigenvalue weighted by molar-refractivity contribution is 0.101. The summed E-state index contributed by atoms with van der Waals surface area (Å²) in [7, 11) is 0.165. The lowest BCUT2D eigenvalue weighted by Crippen LogP contribution is -2.49. The summed E-state index contributed by atoms with van der Waals surface area (Å²) in [5.74, 6) is 1.35. The molecule has 9 heteroatoms. The zero-order valence-corrected chi connectivity index (χ0v) is 16.5. The summed E-state index contributed by atoms with van der Waals surface area (Å²) < 4.78 is 27.2. The third kappa shape index (κ3) is 4.09. The van der Waals surface area contributed by atoms with E-state index >= 15 is 0 Å². The molecule has 3 rings (SSSR count). The Bertz CT molecular complexity index is 920. The first-order valence-electron chi connectivity index (χ1n) is 8.66. The maximum absolute atomic E-state index is 12.9. The highest BCUT2D eigenvalue weighted by molar-refractivity contribution is 7.89. The van der Waals surface area contributed by atoms with Crippen LogP contribution in [0, 0.1) is 0 Å². The maximum Gasteiger partial charge on any atom is 0.243 e. The number of ketones is 1. The van der Waals surface area contributed by atoms with Crippen molar-refractivity contribution in [3.05, 3.63) is 42.0 Å². The van der Waals surface area contributed by atoms with Crippen LogP contribution in [0.25, 0.3) is 0 Å². The van der Waals surface area contributed by atoms with Gasteiger partial charge in [0.05, 0.1) is 4.90 Å². The fraction of sp³-hybridized carbons (Fsp3) is 0.389. The fourth-order valence-electron chi connectivity index (χ4n) is 2.91. The lowest BCUT2D eigenvalue weighted by atomic mass is 10.2. The number of carbonyl (C=O) groups excluding carboxylic acids is 1. The number of aromatic nitrogens is 2. The lowest BCUT2D eigenvalue weighted by Gasteiger charge is -2.34. The number of hydrogen-bond donors (Lipinski definition) is 0. The van der Waals surface area contributed by atoms with Gasteiger partial charge in [-0.3, -0.25) is 4.79 Å². The van der Waals surface area contributed by atoms with Crippen molar-refractivity contribution in [1.29, 1.82) is 0 Å². The summed E-state index contributed by atoms with van der Waals surface area (Å²) in [6.07, 6.45) is 0. The van der Waals surface area contributed by atoms with Gasteiger partial charge in [0.1, 0.15) is 0 Å². The summed E-state index contributed by atoms with van der Waals surface area (Å²) in [5, 5.41) is 8.39. The molecule has 1 aromatic heterocycles. The number of rotatable bonds is 5. The average molecular weight is 389 g/mol. The van der Waals surface area contributed by atoms with Crippen molar-refractivity contribution in [2.75, 3.05) is 50.1 Å². The largest absolute Gasteiger partial charge is 0.361 e. The molecule has 1 aromatic carbocycles. The van der Waals surface area contributed by atoms with Crippen molar-refractivity contribution >= 4 is 27.4 Å². The van der Waals surface area contributed by atoms with Crippen LogP contribution in [-0.4, -0.2) is 69.0 Å². The van der Waals surface area contributed by atoms with Gasteiger partial charge in [0.15, 0.2) is 17.4 Å². The SMILES string of the molecule is CC(=O)c1cccc(S(=O)(=O)N2CCN(c3ccc(N(C)C)nn3)CC2)c1. The van der Waals surface area contributed by atoms with Gasteiger partial charge in [-0.15, -0.1) is 10.2 Å². The van der Waals surface area contributed by atoms with E-state index < -0.39 is 10.0 Å². The zero-order valence-electron chi connectivity index (χ0n) is 15.7. The maximum atomic E-state index is 12.9. The summed E-state index contributed by atoms with van der Waals surface area (Å²) >= 11 is 0. The van der Waals surface area contributed by atoms with E-state index in [0.717, 1.165) is 11.6 Å². The Kier molecular flexibility index (Phi) is 5.43. The van der Waals surface area contributed by atoms with Gasteiger partial charge in [-0.2, -0.15) is 4.31 Å². The molecule has 2 aromatic rings. The summed E-state index contributed by atoms with van der Waals surface area (Å²) in [5.41, 5.74) is 0.394. The van der Waals surface area contributed by atoms with Gasteiger partial charge in [-0.05, 0) is 31.2 Å². The Morgan fingerprint density at radius 2 is 1.74 bits per heavy atom. The molecule has 1 saturated heterocycles. The highest BCUT2D eigenvalue weighted by Crippen LogP contribution is 2.21. The molecule has 1 aliphatic heterocycles. The van der Waals surface area contributed by atoms with Gasteiger partial charge in [-0.25, -0.2) is 8.42 Å². The Morgan fingerprint density at radius 3 is 2.30 bits per heavy atom.